The molecule has 0 amide bonds. The Morgan fingerprint density at radius 3 is 2.95 bits per heavy atom. The van der Waals surface area contributed by atoms with Gasteiger partial charge in [0.15, 0.2) is 0 Å². The van der Waals surface area contributed by atoms with Crippen molar-refractivity contribution in [3.05, 3.63) is 18.2 Å². The highest BCUT2D eigenvalue weighted by molar-refractivity contribution is 5.70. The highest BCUT2D eigenvalue weighted by Crippen LogP contribution is 2.43. The van der Waals surface area contributed by atoms with Gasteiger partial charge < -0.3 is 9.67 Å². The number of carbonyl (C=O) groups is 1. The molecule has 19 heavy (non-hydrogen) atoms. The Bertz CT molecular complexity index is 451. The minimum Gasteiger partial charge on any atom is -0.481 e. The van der Waals surface area contributed by atoms with E-state index in [9.17, 15) is 9.90 Å². The lowest BCUT2D eigenvalue weighted by molar-refractivity contribution is -0.146. The van der Waals surface area contributed by atoms with Gasteiger partial charge in [0.1, 0.15) is 5.82 Å². The fourth-order valence-corrected chi connectivity index (χ4v) is 3.33. The molecule has 1 fully saturated rings. The van der Waals surface area contributed by atoms with Gasteiger partial charge in [-0.05, 0) is 37.5 Å². The van der Waals surface area contributed by atoms with Crippen molar-refractivity contribution < 1.29 is 9.90 Å². The topological polar surface area (TPSA) is 55.1 Å². The molecule has 106 valence electrons. The van der Waals surface area contributed by atoms with Crippen molar-refractivity contribution >= 4 is 5.97 Å². The summed E-state index contributed by atoms with van der Waals surface area (Å²) in [5.41, 5.74) is 0.250. The first-order valence-electron chi connectivity index (χ1n) is 7.16. The fraction of sp³-hybridized carbons (Fsp3) is 0.733. The second-order valence-electron chi connectivity index (χ2n) is 6.45. The largest absolute Gasteiger partial charge is 0.481 e. The zero-order valence-corrected chi connectivity index (χ0v) is 12.1. The molecule has 0 bridgehead atoms. The maximum atomic E-state index is 11.4. The lowest BCUT2D eigenvalue weighted by Crippen LogP contribution is -2.35. The molecule has 1 aromatic rings. The second-order valence-corrected chi connectivity index (χ2v) is 6.45. The summed E-state index contributed by atoms with van der Waals surface area (Å²) < 4.78 is 2.11. The Morgan fingerprint density at radius 1 is 1.58 bits per heavy atom. The predicted octanol–water partition coefficient (Wildman–Crippen LogP) is 2.97. The van der Waals surface area contributed by atoms with Crippen molar-refractivity contribution in [1.82, 2.24) is 9.55 Å². The number of hydrogen-bond acceptors (Lipinski definition) is 2. The molecule has 0 radical (unpaired) electrons. The first-order chi connectivity index (χ1) is 8.93. The van der Waals surface area contributed by atoms with Gasteiger partial charge in [0.05, 0.1) is 5.92 Å². The Morgan fingerprint density at radius 2 is 2.32 bits per heavy atom. The van der Waals surface area contributed by atoms with Crippen LogP contribution in [0.1, 0.15) is 45.9 Å². The zero-order valence-electron chi connectivity index (χ0n) is 12.1. The number of carboxylic acid groups (broad SMARTS) is 1. The Hall–Kier alpha value is -1.32. The highest BCUT2D eigenvalue weighted by Gasteiger charge is 2.38. The van der Waals surface area contributed by atoms with Crippen LogP contribution in [0, 0.1) is 17.3 Å². The quantitative estimate of drug-likeness (QED) is 0.909. The van der Waals surface area contributed by atoms with Gasteiger partial charge in [-0.1, -0.05) is 13.8 Å². The van der Waals surface area contributed by atoms with Gasteiger partial charge in [0, 0.05) is 25.4 Å². The SMILES string of the molecule is CCn1ccnc1CC1CC(C)(C)CCC1C(=O)O. The highest BCUT2D eigenvalue weighted by atomic mass is 16.4. The van der Waals surface area contributed by atoms with Crippen molar-refractivity contribution in [3.8, 4) is 0 Å². The molecule has 2 rings (SSSR count). The summed E-state index contributed by atoms with van der Waals surface area (Å²) >= 11 is 0. The standard InChI is InChI=1S/C15H24N2O2/c1-4-17-8-7-16-13(17)9-11-10-15(2,3)6-5-12(11)14(18)19/h7-8,11-12H,4-6,9-10H2,1-3H3,(H,18,19). The molecule has 1 saturated carbocycles. The van der Waals surface area contributed by atoms with E-state index in [1.54, 1.807) is 0 Å². The van der Waals surface area contributed by atoms with Crippen molar-refractivity contribution in [2.24, 2.45) is 17.3 Å². The Kier molecular flexibility index (Phi) is 3.97. The Balaban J connectivity index is 2.16. The summed E-state index contributed by atoms with van der Waals surface area (Å²) in [5.74, 6) is 0.371. The number of carboxylic acids is 1. The van der Waals surface area contributed by atoms with Gasteiger partial charge in [-0.25, -0.2) is 4.98 Å². The first-order valence-corrected chi connectivity index (χ1v) is 7.16. The van der Waals surface area contributed by atoms with E-state index < -0.39 is 5.97 Å². The van der Waals surface area contributed by atoms with E-state index in [4.69, 9.17) is 0 Å². The fourth-order valence-electron chi connectivity index (χ4n) is 3.33. The number of aryl methyl sites for hydroxylation is 1. The molecule has 0 saturated heterocycles. The molecule has 1 N–H and O–H groups in total. The maximum absolute atomic E-state index is 11.4. The summed E-state index contributed by atoms with van der Waals surface area (Å²) in [5, 5.41) is 9.41. The van der Waals surface area contributed by atoms with E-state index in [-0.39, 0.29) is 17.3 Å². The molecule has 4 nitrogen and oxygen atoms in total. The average molecular weight is 264 g/mol. The lowest BCUT2D eigenvalue weighted by atomic mass is 9.66. The number of imidazole rings is 1. The minimum absolute atomic E-state index is 0.203. The molecule has 1 heterocycles. The predicted molar refractivity (Wildman–Crippen MR) is 73.9 cm³/mol. The van der Waals surface area contributed by atoms with Crippen LogP contribution in [0.4, 0.5) is 0 Å². The van der Waals surface area contributed by atoms with Crippen molar-refractivity contribution in [2.75, 3.05) is 0 Å². The zero-order chi connectivity index (χ0) is 14.0. The maximum Gasteiger partial charge on any atom is 0.306 e. The van der Waals surface area contributed by atoms with Crippen LogP contribution in [0.25, 0.3) is 0 Å². The monoisotopic (exact) mass is 264 g/mol. The van der Waals surface area contributed by atoms with Gasteiger partial charge in [-0.15, -0.1) is 0 Å². The number of hydrogen-bond donors (Lipinski definition) is 1. The molecule has 0 aliphatic heterocycles. The van der Waals surface area contributed by atoms with Crippen LogP contribution in [0.5, 0.6) is 0 Å². The number of aliphatic carboxylic acids is 1. The summed E-state index contributed by atoms with van der Waals surface area (Å²) in [6.07, 6.45) is 7.33. The van der Waals surface area contributed by atoms with Crippen LogP contribution in [0.15, 0.2) is 12.4 Å². The normalized spacial score (nSPS) is 26.3. The number of nitrogens with zero attached hydrogens (tertiary/aromatic N) is 2. The lowest BCUT2D eigenvalue weighted by Gasteiger charge is -2.39. The molecule has 2 atom stereocenters. The smallest absolute Gasteiger partial charge is 0.306 e. The van der Waals surface area contributed by atoms with Crippen molar-refractivity contribution in [2.45, 2.75) is 53.0 Å². The van der Waals surface area contributed by atoms with Gasteiger partial charge in [-0.3, -0.25) is 4.79 Å². The molecule has 0 aromatic carbocycles. The van der Waals surface area contributed by atoms with Gasteiger partial charge >= 0.3 is 5.97 Å². The molecule has 1 aliphatic rings. The third-order valence-corrected chi connectivity index (χ3v) is 4.42. The third kappa shape index (κ3) is 3.17. The van der Waals surface area contributed by atoms with Crippen molar-refractivity contribution in [3.63, 3.8) is 0 Å². The summed E-state index contributed by atoms with van der Waals surface area (Å²) in [4.78, 5) is 15.8. The average Bonchev–Trinajstić information content (AvgIpc) is 2.74. The minimum atomic E-state index is -0.643. The van der Waals surface area contributed by atoms with Crippen LogP contribution in [0.3, 0.4) is 0 Å². The van der Waals surface area contributed by atoms with Gasteiger partial charge in [0.2, 0.25) is 0 Å². The molecular weight excluding hydrogens is 240 g/mol. The van der Waals surface area contributed by atoms with E-state index in [0.29, 0.717) is 0 Å². The molecule has 0 spiro atoms. The molecular formula is C15H24N2O2. The summed E-state index contributed by atoms with van der Waals surface area (Å²) in [6, 6.07) is 0. The second kappa shape index (κ2) is 5.35. The number of aromatic nitrogens is 2. The van der Waals surface area contributed by atoms with Crippen LogP contribution in [-0.4, -0.2) is 20.6 Å². The molecule has 1 aliphatic carbocycles. The third-order valence-electron chi connectivity index (χ3n) is 4.42. The Labute approximate surface area is 114 Å². The summed E-state index contributed by atoms with van der Waals surface area (Å²) in [7, 11) is 0. The first kappa shape index (κ1) is 14.1. The van der Waals surface area contributed by atoms with Crippen LogP contribution >= 0.6 is 0 Å². The van der Waals surface area contributed by atoms with Gasteiger partial charge in [0.25, 0.3) is 0 Å². The van der Waals surface area contributed by atoms with E-state index in [1.807, 2.05) is 12.4 Å². The van der Waals surface area contributed by atoms with Crippen molar-refractivity contribution in [1.29, 1.82) is 0 Å². The molecule has 1 aromatic heterocycles. The number of rotatable bonds is 4. The van der Waals surface area contributed by atoms with Crippen LogP contribution in [-0.2, 0) is 17.8 Å². The van der Waals surface area contributed by atoms with Crippen LogP contribution < -0.4 is 0 Å². The van der Waals surface area contributed by atoms with E-state index in [1.165, 1.54) is 0 Å². The van der Waals surface area contributed by atoms with E-state index in [0.717, 1.165) is 38.1 Å². The molecule has 2 unspecified atom stereocenters. The van der Waals surface area contributed by atoms with E-state index in [2.05, 4.69) is 30.3 Å². The van der Waals surface area contributed by atoms with Crippen LogP contribution in [0.2, 0.25) is 0 Å². The van der Waals surface area contributed by atoms with Gasteiger partial charge in [-0.2, -0.15) is 0 Å². The molecule has 4 heteroatoms. The van der Waals surface area contributed by atoms with E-state index >= 15 is 0 Å². The summed E-state index contributed by atoms with van der Waals surface area (Å²) in [6.45, 7) is 7.46.